The van der Waals surface area contributed by atoms with Crippen molar-refractivity contribution in [3.8, 4) is 5.75 Å². The van der Waals surface area contributed by atoms with Crippen LogP contribution in [0, 0.1) is 13.8 Å². The molecule has 0 atom stereocenters. The molecule has 5 nitrogen and oxygen atoms in total. The molecule has 0 aliphatic carbocycles. The number of methoxy groups -OCH3 is 1. The second-order valence-electron chi connectivity index (χ2n) is 7.09. The maximum absolute atomic E-state index is 12.9. The monoisotopic (exact) mass is 388 g/mol. The average Bonchev–Trinajstić information content (AvgIpc) is 2.69. The molecule has 0 bridgehead atoms. The van der Waals surface area contributed by atoms with Crippen molar-refractivity contribution >= 4 is 10.0 Å². The Morgan fingerprint density at radius 2 is 1.70 bits per heavy atom. The number of sulfonamides is 1. The van der Waals surface area contributed by atoms with Gasteiger partial charge in [0.2, 0.25) is 10.0 Å². The van der Waals surface area contributed by atoms with E-state index in [2.05, 4.69) is 17.0 Å². The summed E-state index contributed by atoms with van der Waals surface area (Å²) in [5.74, 6) is 0.872. The topological polar surface area (TPSA) is 49.9 Å². The molecule has 1 aliphatic heterocycles. The first-order chi connectivity index (χ1) is 12.9. The van der Waals surface area contributed by atoms with Gasteiger partial charge in [-0.05, 0) is 61.2 Å². The lowest BCUT2D eigenvalue weighted by molar-refractivity contribution is 0.190. The third-order valence-electron chi connectivity index (χ3n) is 5.30. The Morgan fingerprint density at radius 1 is 0.963 bits per heavy atom. The van der Waals surface area contributed by atoms with Crippen molar-refractivity contribution in [1.82, 2.24) is 9.21 Å². The summed E-state index contributed by atoms with van der Waals surface area (Å²) in [5, 5.41) is 0. The Kier molecular flexibility index (Phi) is 6.19. The SMILES string of the molecule is COc1cccc(CCN2CCN(S(=O)(=O)c3ccc(C)c(C)c3)CC2)c1. The predicted octanol–water partition coefficient (Wildman–Crippen LogP) is 2.86. The number of nitrogens with zero attached hydrogens (tertiary/aromatic N) is 2. The average molecular weight is 389 g/mol. The lowest BCUT2D eigenvalue weighted by Gasteiger charge is -2.34. The molecule has 0 saturated carbocycles. The number of hydrogen-bond donors (Lipinski definition) is 0. The van der Waals surface area contributed by atoms with Crippen LogP contribution in [0.1, 0.15) is 16.7 Å². The molecule has 146 valence electrons. The summed E-state index contributed by atoms with van der Waals surface area (Å²) < 4.78 is 32.7. The van der Waals surface area contributed by atoms with Gasteiger partial charge in [-0.2, -0.15) is 4.31 Å². The highest BCUT2D eigenvalue weighted by Gasteiger charge is 2.28. The van der Waals surface area contributed by atoms with Crippen molar-refractivity contribution in [2.24, 2.45) is 0 Å². The van der Waals surface area contributed by atoms with E-state index in [0.717, 1.165) is 42.9 Å². The summed E-state index contributed by atoms with van der Waals surface area (Å²) in [4.78, 5) is 2.72. The standard InChI is InChI=1S/C21H28N2O3S/c1-17-7-8-21(15-18(17)2)27(24,25)23-13-11-22(12-14-23)10-9-19-5-4-6-20(16-19)26-3/h4-8,15-16H,9-14H2,1-3H3. The van der Waals surface area contributed by atoms with Crippen LogP contribution in [0.5, 0.6) is 5.75 Å². The Hall–Kier alpha value is -1.89. The lowest BCUT2D eigenvalue weighted by Crippen LogP contribution is -2.49. The van der Waals surface area contributed by atoms with E-state index in [1.807, 2.05) is 32.0 Å². The quantitative estimate of drug-likeness (QED) is 0.764. The van der Waals surface area contributed by atoms with Crippen LogP contribution in [0.4, 0.5) is 0 Å². The molecule has 0 spiro atoms. The normalized spacial score (nSPS) is 16.4. The molecule has 1 fully saturated rings. The van der Waals surface area contributed by atoms with Gasteiger partial charge >= 0.3 is 0 Å². The van der Waals surface area contributed by atoms with E-state index in [0.29, 0.717) is 18.0 Å². The molecule has 0 unspecified atom stereocenters. The molecule has 0 radical (unpaired) electrons. The van der Waals surface area contributed by atoms with E-state index < -0.39 is 10.0 Å². The van der Waals surface area contributed by atoms with Gasteiger partial charge in [-0.3, -0.25) is 0 Å². The van der Waals surface area contributed by atoms with Crippen LogP contribution in [-0.2, 0) is 16.4 Å². The van der Waals surface area contributed by atoms with E-state index in [1.165, 1.54) is 5.56 Å². The summed E-state index contributed by atoms with van der Waals surface area (Å²) in [6.45, 7) is 7.45. The second kappa shape index (κ2) is 8.42. The minimum atomic E-state index is -3.41. The predicted molar refractivity (Wildman–Crippen MR) is 108 cm³/mol. The van der Waals surface area contributed by atoms with Gasteiger partial charge in [0.1, 0.15) is 5.75 Å². The Bertz CT molecular complexity index is 888. The molecule has 2 aromatic rings. The first-order valence-electron chi connectivity index (χ1n) is 9.33. The molecule has 0 aromatic heterocycles. The largest absolute Gasteiger partial charge is 0.497 e. The van der Waals surface area contributed by atoms with Crippen LogP contribution < -0.4 is 4.74 Å². The molecule has 0 amide bonds. The van der Waals surface area contributed by atoms with Gasteiger partial charge < -0.3 is 9.64 Å². The van der Waals surface area contributed by atoms with Gasteiger partial charge in [0.15, 0.2) is 0 Å². The Labute approximate surface area is 162 Å². The summed E-state index contributed by atoms with van der Waals surface area (Å²) in [5.41, 5.74) is 3.35. The molecule has 2 aromatic carbocycles. The van der Waals surface area contributed by atoms with E-state index >= 15 is 0 Å². The number of piperazine rings is 1. The van der Waals surface area contributed by atoms with E-state index in [-0.39, 0.29) is 0 Å². The van der Waals surface area contributed by atoms with Gasteiger partial charge in [0.25, 0.3) is 0 Å². The van der Waals surface area contributed by atoms with Crippen molar-refractivity contribution in [1.29, 1.82) is 0 Å². The second-order valence-corrected chi connectivity index (χ2v) is 9.03. The fourth-order valence-electron chi connectivity index (χ4n) is 3.33. The van der Waals surface area contributed by atoms with Crippen molar-refractivity contribution in [3.05, 3.63) is 59.2 Å². The first kappa shape index (κ1) is 19.9. The van der Waals surface area contributed by atoms with Gasteiger partial charge in [-0.1, -0.05) is 18.2 Å². The fourth-order valence-corrected chi connectivity index (χ4v) is 4.84. The zero-order chi connectivity index (χ0) is 19.4. The van der Waals surface area contributed by atoms with Gasteiger partial charge in [-0.15, -0.1) is 0 Å². The van der Waals surface area contributed by atoms with Gasteiger partial charge in [0.05, 0.1) is 12.0 Å². The molecular weight excluding hydrogens is 360 g/mol. The number of ether oxygens (including phenoxy) is 1. The maximum atomic E-state index is 12.9. The van der Waals surface area contributed by atoms with E-state index in [9.17, 15) is 8.42 Å². The van der Waals surface area contributed by atoms with Crippen molar-refractivity contribution in [2.45, 2.75) is 25.2 Å². The summed E-state index contributed by atoms with van der Waals surface area (Å²) in [6.07, 6.45) is 0.932. The van der Waals surface area contributed by atoms with Crippen LogP contribution in [-0.4, -0.2) is 57.5 Å². The summed E-state index contributed by atoms with van der Waals surface area (Å²) in [7, 11) is -1.74. The fraction of sp³-hybridized carbons (Fsp3) is 0.429. The molecule has 1 aliphatic rings. The first-order valence-corrected chi connectivity index (χ1v) is 10.8. The molecule has 3 rings (SSSR count). The van der Waals surface area contributed by atoms with Crippen LogP contribution in [0.3, 0.4) is 0 Å². The Balaban J connectivity index is 1.57. The van der Waals surface area contributed by atoms with E-state index in [1.54, 1.807) is 23.5 Å². The van der Waals surface area contributed by atoms with Crippen LogP contribution in [0.15, 0.2) is 47.4 Å². The summed E-state index contributed by atoms with van der Waals surface area (Å²) in [6, 6.07) is 13.5. The Morgan fingerprint density at radius 3 is 2.37 bits per heavy atom. The van der Waals surface area contributed by atoms with Crippen LogP contribution in [0.2, 0.25) is 0 Å². The van der Waals surface area contributed by atoms with Gasteiger partial charge in [-0.25, -0.2) is 8.42 Å². The molecule has 1 saturated heterocycles. The number of rotatable bonds is 6. The molecule has 6 heteroatoms. The van der Waals surface area contributed by atoms with Crippen molar-refractivity contribution in [2.75, 3.05) is 39.8 Å². The van der Waals surface area contributed by atoms with E-state index in [4.69, 9.17) is 4.74 Å². The lowest BCUT2D eigenvalue weighted by atomic mass is 10.1. The number of hydrogen-bond acceptors (Lipinski definition) is 4. The number of aryl methyl sites for hydroxylation is 2. The maximum Gasteiger partial charge on any atom is 0.243 e. The zero-order valence-electron chi connectivity index (χ0n) is 16.3. The van der Waals surface area contributed by atoms with Crippen molar-refractivity contribution in [3.63, 3.8) is 0 Å². The van der Waals surface area contributed by atoms with Crippen LogP contribution in [0.25, 0.3) is 0 Å². The molecule has 1 heterocycles. The highest BCUT2D eigenvalue weighted by Crippen LogP contribution is 2.21. The highest BCUT2D eigenvalue weighted by atomic mass is 32.2. The highest BCUT2D eigenvalue weighted by molar-refractivity contribution is 7.89. The van der Waals surface area contributed by atoms with Gasteiger partial charge in [0, 0.05) is 32.7 Å². The minimum absolute atomic E-state index is 0.399. The minimum Gasteiger partial charge on any atom is -0.497 e. The summed E-state index contributed by atoms with van der Waals surface area (Å²) >= 11 is 0. The zero-order valence-corrected chi connectivity index (χ0v) is 17.1. The van der Waals surface area contributed by atoms with Crippen LogP contribution >= 0.6 is 0 Å². The third kappa shape index (κ3) is 4.69. The molecule has 0 N–H and O–H groups in total. The van der Waals surface area contributed by atoms with Crippen molar-refractivity contribution < 1.29 is 13.2 Å². The molecular formula is C21H28N2O3S. The number of benzene rings is 2. The smallest absolute Gasteiger partial charge is 0.243 e. The molecule has 27 heavy (non-hydrogen) atoms. The third-order valence-corrected chi connectivity index (χ3v) is 7.19.